The molecule has 1 atom stereocenters. The quantitative estimate of drug-likeness (QED) is 0.453. The first-order valence-electron chi connectivity index (χ1n) is 11.0. The molecular formula is C25H23N5O4. The SMILES string of the molecule is C=CC(=O)N1CCC[C@@H](n2nc(-c3ccc(Oc4ccccc4)cc3)c3c(N)noc(=O)c32)C1. The Hall–Kier alpha value is -4.40. The average Bonchev–Trinajstić information content (AvgIpc) is 3.29. The largest absolute Gasteiger partial charge is 0.457 e. The molecule has 9 heteroatoms. The van der Waals surface area contributed by atoms with Crippen LogP contribution in [0.4, 0.5) is 5.82 Å². The van der Waals surface area contributed by atoms with Crippen molar-refractivity contribution in [2.24, 2.45) is 0 Å². The number of carbonyl (C=O) groups excluding carboxylic acids is 1. The molecular weight excluding hydrogens is 434 g/mol. The molecule has 0 unspecified atom stereocenters. The van der Waals surface area contributed by atoms with E-state index in [9.17, 15) is 9.59 Å². The second kappa shape index (κ2) is 8.86. The van der Waals surface area contributed by atoms with Crippen molar-refractivity contribution in [3.63, 3.8) is 0 Å². The van der Waals surface area contributed by atoms with Crippen LogP contribution in [0.3, 0.4) is 0 Å². The standard InChI is InChI=1S/C25H23N5O4/c1-2-20(31)29-14-6-7-17(15-29)30-23-21(24(26)28-34-25(23)32)22(27-30)16-10-12-19(13-11-16)33-18-8-4-3-5-9-18/h2-5,8-13,17H,1,6-7,14-15H2,(H2,26,28)/t17-/m1/s1. The number of likely N-dealkylation sites (tertiary alicyclic amines) is 1. The zero-order chi connectivity index (χ0) is 23.7. The van der Waals surface area contributed by atoms with Crippen molar-refractivity contribution in [2.75, 3.05) is 18.8 Å². The predicted octanol–water partition coefficient (Wildman–Crippen LogP) is 3.78. The van der Waals surface area contributed by atoms with E-state index in [1.54, 1.807) is 9.58 Å². The number of rotatable bonds is 5. The number of carbonyl (C=O) groups is 1. The Balaban J connectivity index is 1.55. The first kappa shape index (κ1) is 21.4. The maximum absolute atomic E-state index is 12.7. The number of hydrogen-bond donors (Lipinski definition) is 1. The summed E-state index contributed by atoms with van der Waals surface area (Å²) in [7, 11) is 0. The average molecular weight is 457 g/mol. The van der Waals surface area contributed by atoms with Gasteiger partial charge in [-0.1, -0.05) is 29.9 Å². The van der Waals surface area contributed by atoms with E-state index in [-0.39, 0.29) is 23.3 Å². The number of piperidine rings is 1. The number of para-hydroxylation sites is 1. The minimum Gasteiger partial charge on any atom is -0.457 e. The highest BCUT2D eigenvalue weighted by Crippen LogP contribution is 2.34. The van der Waals surface area contributed by atoms with Gasteiger partial charge in [0, 0.05) is 18.7 Å². The molecule has 0 spiro atoms. The fourth-order valence-electron chi connectivity index (χ4n) is 4.31. The summed E-state index contributed by atoms with van der Waals surface area (Å²) < 4.78 is 12.4. The van der Waals surface area contributed by atoms with Crippen LogP contribution in [0.15, 0.2) is 76.6 Å². The normalized spacial score (nSPS) is 15.9. The molecule has 1 aliphatic heterocycles. The highest BCUT2D eigenvalue weighted by Gasteiger charge is 2.29. The third kappa shape index (κ3) is 3.92. The van der Waals surface area contributed by atoms with Crippen molar-refractivity contribution in [1.29, 1.82) is 0 Å². The summed E-state index contributed by atoms with van der Waals surface area (Å²) in [6, 6.07) is 16.6. The summed E-state index contributed by atoms with van der Waals surface area (Å²) in [6.45, 7) is 4.62. The van der Waals surface area contributed by atoms with Crippen LogP contribution in [0.5, 0.6) is 11.5 Å². The molecule has 0 saturated carbocycles. The minimum absolute atomic E-state index is 0.0790. The van der Waals surface area contributed by atoms with Gasteiger partial charge >= 0.3 is 5.63 Å². The molecule has 1 fully saturated rings. The van der Waals surface area contributed by atoms with E-state index in [4.69, 9.17) is 20.1 Å². The number of hydrogen-bond acceptors (Lipinski definition) is 7. The van der Waals surface area contributed by atoms with Gasteiger partial charge < -0.3 is 19.9 Å². The Bertz CT molecular complexity index is 1410. The fourth-order valence-corrected chi connectivity index (χ4v) is 4.31. The van der Waals surface area contributed by atoms with Crippen molar-refractivity contribution in [3.8, 4) is 22.8 Å². The molecule has 1 saturated heterocycles. The molecule has 0 aliphatic carbocycles. The van der Waals surface area contributed by atoms with Crippen LogP contribution in [0.1, 0.15) is 18.9 Å². The summed E-state index contributed by atoms with van der Waals surface area (Å²) in [5, 5.41) is 8.92. The Morgan fingerprint density at radius 2 is 1.88 bits per heavy atom. The maximum atomic E-state index is 12.7. The lowest BCUT2D eigenvalue weighted by molar-refractivity contribution is -0.127. The summed E-state index contributed by atoms with van der Waals surface area (Å²) in [5.74, 6) is 1.32. The van der Waals surface area contributed by atoms with E-state index in [2.05, 4.69) is 11.7 Å². The van der Waals surface area contributed by atoms with Gasteiger partial charge in [-0.15, -0.1) is 0 Å². The molecule has 172 valence electrons. The van der Waals surface area contributed by atoms with Gasteiger partial charge in [0.2, 0.25) is 5.91 Å². The van der Waals surface area contributed by atoms with Crippen LogP contribution < -0.4 is 16.1 Å². The summed E-state index contributed by atoms with van der Waals surface area (Å²) in [6.07, 6.45) is 2.82. The van der Waals surface area contributed by atoms with Crippen LogP contribution >= 0.6 is 0 Å². The van der Waals surface area contributed by atoms with Crippen molar-refractivity contribution in [3.05, 3.63) is 77.7 Å². The third-order valence-electron chi connectivity index (χ3n) is 5.92. The van der Waals surface area contributed by atoms with Gasteiger partial charge in [-0.05, 0) is 55.3 Å². The number of anilines is 1. The predicted molar refractivity (Wildman–Crippen MR) is 127 cm³/mol. The van der Waals surface area contributed by atoms with Crippen molar-refractivity contribution in [1.82, 2.24) is 19.8 Å². The second-order valence-corrected chi connectivity index (χ2v) is 8.10. The first-order chi connectivity index (χ1) is 16.5. The lowest BCUT2D eigenvalue weighted by Gasteiger charge is -2.32. The van der Waals surface area contributed by atoms with Crippen molar-refractivity contribution in [2.45, 2.75) is 18.9 Å². The highest BCUT2D eigenvalue weighted by molar-refractivity contribution is 5.99. The Morgan fingerprint density at radius 3 is 2.62 bits per heavy atom. The Kier molecular flexibility index (Phi) is 5.59. The van der Waals surface area contributed by atoms with Crippen LogP contribution in [0, 0.1) is 0 Å². The van der Waals surface area contributed by atoms with Crippen LogP contribution in [-0.2, 0) is 4.79 Å². The zero-order valence-electron chi connectivity index (χ0n) is 18.4. The van der Waals surface area contributed by atoms with Crippen molar-refractivity contribution >= 4 is 22.6 Å². The maximum Gasteiger partial charge on any atom is 0.384 e. The summed E-state index contributed by atoms with van der Waals surface area (Å²) in [4.78, 5) is 26.6. The molecule has 0 radical (unpaired) electrons. The first-order valence-corrected chi connectivity index (χ1v) is 11.0. The molecule has 2 aromatic heterocycles. The van der Waals surface area contributed by atoms with Crippen LogP contribution in [0.2, 0.25) is 0 Å². The second-order valence-electron chi connectivity index (χ2n) is 8.10. The van der Waals surface area contributed by atoms with E-state index in [1.807, 2.05) is 54.6 Å². The van der Waals surface area contributed by atoms with Gasteiger partial charge in [-0.25, -0.2) is 4.79 Å². The Morgan fingerprint density at radius 1 is 1.15 bits per heavy atom. The number of amides is 1. The molecule has 2 N–H and O–H groups in total. The number of fused-ring (bicyclic) bond motifs is 1. The number of benzene rings is 2. The van der Waals surface area contributed by atoms with Gasteiger partial charge in [0.25, 0.3) is 0 Å². The van der Waals surface area contributed by atoms with E-state index < -0.39 is 5.63 Å². The lowest BCUT2D eigenvalue weighted by Crippen LogP contribution is -2.40. The highest BCUT2D eigenvalue weighted by atomic mass is 16.5. The van der Waals surface area contributed by atoms with E-state index in [0.717, 1.165) is 24.2 Å². The molecule has 9 nitrogen and oxygen atoms in total. The van der Waals surface area contributed by atoms with E-state index in [0.29, 0.717) is 29.9 Å². The fraction of sp³-hybridized carbons (Fsp3) is 0.200. The lowest BCUT2D eigenvalue weighted by atomic mass is 10.1. The van der Waals surface area contributed by atoms with Gasteiger partial charge in [0.15, 0.2) is 11.3 Å². The molecule has 34 heavy (non-hydrogen) atoms. The van der Waals surface area contributed by atoms with Gasteiger partial charge in [-0.3, -0.25) is 9.48 Å². The topological polar surface area (TPSA) is 116 Å². The van der Waals surface area contributed by atoms with Gasteiger partial charge in [0.1, 0.15) is 17.2 Å². The number of nitrogen functional groups attached to an aromatic ring is 1. The molecule has 3 heterocycles. The van der Waals surface area contributed by atoms with Gasteiger partial charge in [0.05, 0.1) is 11.4 Å². The molecule has 1 amide bonds. The molecule has 0 bridgehead atoms. The molecule has 4 aromatic rings. The van der Waals surface area contributed by atoms with Crippen LogP contribution in [0.25, 0.3) is 22.2 Å². The molecule has 2 aromatic carbocycles. The molecule has 5 rings (SSSR count). The zero-order valence-corrected chi connectivity index (χ0v) is 18.4. The number of nitrogens with two attached hydrogens (primary N) is 1. The third-order valence-corrected chi connectivity index (χ3v) is 5.92. The van der Waals surface area contributed by atoms with Crippen molar-refractivity contribution < 1.29 is 14.1 Å². The number of nitrogens with zero attached hydrogens (tertiary/aromatic N) is 4. The number of aromatic nitrogens is 3. The van der Waals surface area contributed by atoms with Gasteiger partial charge in [-0.2, -0.15) is 5.10 Å². The van der Waals surface area contributed by atoms with E-state index >= 15 is 0 Å². The summed E-state index contributed by atoms with van der Waals surface area (Å²) >= 11 is 0. The summed E-state index contributed by atoms with van der Waals surface area (Å²) in [5.41, 5.74) is 7.02. The number of ether oxygens (including phenoxy) is 1. The molecule has 1 aliphatic rings. The smallest absolute Gasteiger partial charge is 0.384 e. The minimum atomic E-state index is -0.626. The van der Waals surface area contributed by atoms with E-state index in [1.165, 1.54) is 6.08 Å². The monoisotopic (exact) mass is 457 g/mol. The van der Waals surface area contributed by atoms with Crippen LogP contribution in [-0.4, -0.2) is 38.8 Å². The Labute approximate surface area is 195 Å².